The number of para-hydroxylation sites is 1. The van der Waals surface area contributed by atoms with Gasteiger partial charge in [0.1, 0.15) is 18.3 Å². The van der Waals surface area contributed by atoms with E-state index in [9.17, 15) is 18.0 Å². The molecule has 1 atom stereocenters. The Labute approximate surface area is 127 Å². The molecule has 1 aromatic rings. The zero-order valence-electron chi connectivity index (χ0n) is 12.3. The van der Waals surface area contributed by atoms with Crippen molar-refractivity contribution in [2.75, 3.05) is 33.3 Å². The second kappa shape index (κ2) is 7.00. The number of hydrogen-bond acceptors (Lipinski definition) is 3. The highest BCUT2D eigenvalue weighted by Crippen LogP contribution is 2.33. The molecule has 0 radical (unpaired) electrons. The van der Waals surface area contributed by atoms with Crippen molar-refractivity contribution in [3.63, 3.8) is 0 Å². The van der Waals surface area contributed by atoms with Gasteiger partial charge < -0.3 is 10.1 Å². The van der Waals surface area contributed by atoms with Crippen LogP contribution in [0.4, 0.5) is 13.2 Å². The molecule has 0 unspecified atom stereocenters. The van der Waals surface area contributed by atoms with Crippen LogP contribution < -0.4 is 10.1 Å². The van der Waals surface area contributed by atoms with Crippen molar-refractivity contribution in [3.8, 4) is 5.75 Å². The molecule has 0 saturated carbocycles. The van der Waals surface area contributed by atoms with Crippen molar-refractivity contribution in [2.24, 2.45) is 0 Å². The maximum Gasteiger partial charge on any atom is 0.401 e. The third-order valence-corrected chi connectivity index (χ3v) is 3.48. The van der Waals surface area contributed by atoms with Crippen LogP contribution in [-0.2, 0) is 4.79 Å². The molecule has 1 amide bonds. The molecule has 2 rings (SSSR count). The summed E-state index contributed by atoms with van der Waals surface area (Å²) in [5.41, 5.74) is 0.856. The fourth-order valence-electron chi connectivity index (χ4n) is 2.45. The number of rotatable bonds is 6. The third-order valence-electron chi connectivity index (χ3n) is 3.48. The first-order valence-electron chi connectivity index (χ1n) is 7.11. The highest BCUT2D eigenvalue weighted by molar-refractivity contribution is 5.85. The van der Waals surface area contributed by atoms with Crippen LogP contribution in [0.3, 0.4) is 0 Å². The first-order chi connectivity index (χ1) is 10.4. The summed E-state index contributed by atoms with van der Waals surface area (Å²) in [6, 6.07) is 7.36. The quantitative estimate of drug-likeness (QED) is 0.818. The van der Waals surface area contributed by atoms with Gasteiger partial charge in [-0.2, -0.15) is 13.2 Å². The Hall–Kier alpha value is -1.76. The van der Waals surface area contributed by atoms with Crippen LogP contribution in [0.15, 0.2) is 24.3 Å². The molecule has 122 valence electrons. The lowest BCUT2D eigenvalue weighted by molar-refractivity contribution is -0.143. The summed E-state index contributed by atoms with van der Waals surface area (Å²) in [7, 11) is 1.41. The van der Waals surface area contributed by atoms with Crippen LogP contribution in [0.1, 0.15) is 17.9 Å². The van der Waals surface area contributed by atoms with Gasteiger partial charge in [0.15, 0.2) is 0 Å². The van der Waals surface area contributed by atoms with E-state index in [4.69, 9.17) is 4.74 Å². The number of ether oxygens (including phenoxy) is 1. The van der Waals surface area contributed by atoms with Gasteiger partial charge >= 0.3 is 6.18 Å². The molecular weight excluding hydrogens is 297 g/mol. The van der Waals surface area contributed by atoms with Crippen molar-refractivity contribution in [1.82, 2.24) is 10.2 Å². The predicted octanol–water partition coefficient (Wildman–Crippen LogP) is 2.16. The summed E-state index contributed by atoms with van der Waals surface area (Å²) in [6.07, 6.45) is -3.73. The third kappa shape index (κ3) is 4.62. The Bertz CT molecular complexity index is 520. The Kier molecular flexibility index (Phi) is 5.28. The van der Waals surface area contributed by atoms with E-state index < -0.39 is 12.7 Å². The lowest BCUT2D eigenvalue weighted by atomic mass is 10.0. The number of hydrogen-bond donors (Lipinski definition) is 1. The molecule has 0 bridgehead atoms. The Morgan fingerprint density at radius 1 is 1.41 bits per heavy atom. The number of alkyl halides is 3. The van der Waals surface area contributed by atoms with Crippen molar-refractivity contribution >= 4 is 5.91 Å². The molecule has 0 spiro atoms. The van der Waals surface area contributed by atoms with Crippen LogP contribution in [0.2, 0.25) is 0 Å². The zero-order valence-corrected chi connectivity index (χ0v) is 12.3. The van der Waals surface area contributed by atoms with E-state index >= 15 is 0 Å². The molecule has 7 heteroatoms. The van der Waals surface area contributed by atoms with Crippen molar-refractivity contribution in [2.45, 2.75) is 18.5 Å². The summed E-state index contributed by atoms with van der Waals surface area (Å²) in [4.78, 5) is 13.3. The minimum absolute atomic E-state index is 0.150. The largest absolute Gasteiger partial charge is 0.492 e. The van der Waals surface area contributed by atoms with Crippen molar-refractivity contribution < 1.29 is 22.7 Å². The molecule has 0 aliphatic carbocycles. The van der Waals surface area contributed by atoms with Gasteiger partial charge in [0.2, 0.25) is 5.91 Å². The van der Waals surface area contributed by atoms with E-state index in [1.54, 1.807) is 0 Å². The van der Waals surface area contributed by atoms with Crippen LogP contribution in [0.25, 0.3) is 0 Å². The Morgan fingerprint density at radius 2 is 2.14 bits per heavy atom. The molecule has 0 saturated heterocycles. The SMILES string of the molecule is CN(CCCNC(=O)[C@H]1COc2ccccc21)CC(F)(F)F. The van der Waals surface area contributed by atoms with E-state index in [0.717, 1.165) is 5.56 Å². The number of amides is 1. The van der Waals surface area contributed by atoms with E-state index in [-0.39, 0.29) is 18.4 Å². The molecule has 22 heavy (non-hydrogen) atoms. The minimum Gasteiger partial charge on any atom is -0.492 e. The van der Waals surface area contributed by atoms with E-state index in [2.05, 4.69) is 5.32 Å². The number of nitrogens with one attached hydrogen (secondary N) is 1. The number of halogens is 3. The monoisotopic (exact) mass is 316 g/mol. The number of carbonyl (C=O) groups is 1. The zero-order chi connectivity index (χ0) is 16.2. The highest BCUT2D eigenvalue weighted by Gasteiger charge is 2.30. The van der Waals surface area contributed by atoms with Gasteiger partial charge in [0.25, 0.3) is 0 Å². The molecule has 0 fully saturated rings. The fourth-order valence-corrected chi connectivity index (χ4v) is 2.45. The number of fused-ring (bicyclic) bond motifs is 1. The summed E-state index contributed by atoms with van der Waals surface area (Å²) in [6.45, 7) is -0.0127. The maximum atomic E-state index is 12.2. The van der Waals surface area contributed by atoms with Gasteiger partial charge in [-0.3, -0.25) is 9.69 Å². The fraction of sp³-hybridized carbons (Fsp3) is 0.533. The smallest absolute Gasteiger partial charge is 0.401 e. The van der Waals surface area contributed by atoms with Crippen LogP contribution in [0.5, 0.6) is 5.75 Å². The molecule has 1 N–H and O–H groups in total. The number of nitrogens with zero attached hydrogens (tertiary/aromatic N) is 1. The predicted molar refractivity (Wildman–Crippen MR) is 75.9 cm³/mol. The number of benzene rings is 1. The van der Waals surface area contributed by atoms with E-state index in [1.165, 1.54) is 11.9 Å². The topological polar surface area (TPSA) is 41.6 Å². The van der Waals surface area contributed by atoms with Gasteiger partial charge in [0.05, 0.1) is 6.54 Å². The molecule has 1 aliphatic heterocycles. The lowest BCUT2D eigenvalue weighted by Gasteiger charge is -2.18. The van der Waals surface area contributed by atoms with Crippen molar-refractivity contribution in [3.05, 3.63) is 29.8 Å². The van der Waals surface area contributed by atoms with Gasteiger partial charge in [-0.05, 0) is 26.1 Å². The lowest BCUT2D eigenvalue weighted by Crippen LogP contribution is -2.35. The maximum absolute atomic E-state index is 12.2. The summed E-state index contributed by atoms with van der Waals surface area (Å²) < 4.78 is 41.9. The normalized spacial score (nSPS) is 17.2. The van der Waals surface area contributed by atoms with Gasteiger partial charge in [-0.25, -0.2) is 0 Å². The van der Waals surface area contributed by atoms with Crippen LogP contribution in [-0.4, -0.2) is 50.3 Å². The Morgan fingerprint density at radius 3 is 2.86 bits per heavy atom. The van der Waals surface area contributed by atoms with Crippen molar-refractivity contribution in [1.29, 1.82) is 0 Å². The summed E-state index contributed by atoms with van der Waals surface area (Å²) >= 11 is 0. The average molecular weight is 316 g/mol. The number of carbonyl (C=O) groups excluding carboxylic acids is 1. The second-order valence-corrected chi connectivity index (χ2v) is 5.40. The highest BCUT2D eigenvalue weighted by atomic mass is 19.4. The van der Waals surface area contributed by atoms with E-state index in [1.807, 2.05) is 24.3 Å². The standard InChI is InChI=1S/C15H19F3N2O2/c1-20(10-15(16,17)18)8-4-7-19-14(21)12-9-22-13-6-3-2-5-11(12)13/h2-3,5-6,12H,4,7-10H2,1H3,(H,19,21)/t12-/m0/s1. The molecule has 4 nitrogen and oxygen atoms in total. The molecule has 0 aromatic heterocycles. The molecule has 1 aliphatic rings. The minimum atomic E-state index is -4.19. The summed E-state index contributed by atoms with van der Waals surface area (Å²) in [5.74, 6) is 0.222. The molecule has 1 aromatic carbocycles. The second-order valence-electron chi connectivity index (χ2n) is 5.40. The first kappa shape index (κ1) is 16.6. The molecule has 1 heterocycles. The first-order valence-corrected chi connectivity index (χ1v) is 7.11. The molecular formula is C15H19F3N2O2. The average Bonchev–Trinajstić information content (AvgIpc) is 2.85. The van der Waals surface area contributed by atoms with Crippen LogP contribution in [0, 0.1) is 0 Å². The summed E-state index contributed by atoms with van der Waals surface area (Å²) in [5, 5.41) is 2.76. The van der Waals surface area contributed by atoms with Gasteiger partial charge in [-0.1, -0.05) is 18.2 Å². The van der Waals surface area contributed by atoms with Gasteiger partial charge in [-0.15, -0.1) is 0 Å². The van der Waals surface area contributed by atoms with Crippen LogP contribution >= 0.6 is 0 Å². The van der Waals surface area contributed by atoms with E-state index in [0.29, 0.717) is 25.3 Å². The Balaban J connectivity index is 1.71. The van der Waals surface area contributed by atoms with Gasteiger partial charge in [0, 0.05) is 12.1 Å².